The number of rotatable bonds is 3. The van der Waals surface area contributed by atoms with Gasteiger partial charge in [0.25, 0.3) is 0 Å². The number of aliphatic carboxylic acids is 1. The molecule has 1 N–H and O–H groups in total. The molecular weight excluding hydrogens is 282 g/mol. The first-order valence-electron chi connectivity index (χ1n) is 6.77. The largest absolute Gasteiger partial charge is 0.478 e. The van der Waals surface area contributed by atoms with Gasteiger partial charge in [-0.3, -0.25) is 0 Å². The summed E-state index contributed by atoms with van der Waals surface area (Å²) in [6.45, 7) is 8.30. The Hall–Kier alpha value is -1.94. The van der Waals surface area contributed by atoms with Gasteiger partial charge in [-0.25, -0.2) is 9.78 Å². The molecule has 0 spiro atoms. The van der Waals surface area contributed by atoms with Gasteiger partial charge in [-0.2, -0.15) is 0 Å². The lowest BCUT2D eigenvalue weighted by atomic mass is 9.91. The molecule has 4 heteroatoms. The van der Waals surface area contributed by atoms with Crippen molar-refractivity contribution in [2.75, 3.05) is 0 Å². The van der Waals surface area contributed by atoms with Gasteiger partial charge in [0.05, 0.1) is 10.6 Å². The van der Waals surface area contributed by atoms with E-state index in [1.165, 1.54) is 23.0 Å². The molecule has 110 valence electrons. The maximum Gasteiger partial charge on any atom is 0.328 e. The smallest absolute Gasteiger partial charge is 0.328 e. The van der Waals surface area contributed by atoms with Crippen molar-refractivity contribution in [2.24, 2.45) is 0 Å². The normalized spacial score (nSPS) is 12.0. The van der Waals surface area contributed by atoms with Crippen molar-refractivity contribution in [2.45, 2.75) is 33.1 Å². The molecule has 2 rings (SSSR count). The van der Waals surface area contributed by atoms with Crippen LogP contribution < -0.4 is 0 Å². The predicted molar refractivity (Wildman–Crippen MR) is 87.7 cm³/mol. The van der Waals surface area contributed by atoms with Crippen molar-refractivity contribution in [3.05, 3.63) is 46.5 Å². The first-order chi connectivity index (χ1) is 9.77. The Balaban J connectivity index is 2.50. The second-order valence-corrected chi connectivity index (χ2v) is 7.05. The standard InChI is InChI=1S/C17H19NO2S/c1-11-5-7-12(8-6-11)16-18-15(17(2,3)4)13(21-16)9-10-14(19)20/h5-10H,1-4H3,(H,19,20)/b10-9+. The zero-order valence-corrected chi connectivity index (χ0v) is 13.5. The van der Waals surface area contributed by atoms with E-state index in [-0.39, 0.29) is 5.41 Å². The third-order valence-electron chi connectivity index (χ3n) is 3.04. The predicted octanol–water partition coefficient (Wildman–Crippen LogP) is 4.51. The van der Waals surface area contributed by atoms with Gasteiger partial charge in [0.2, 0.25) is 0 Å². The number of nitrogens with zero attached hydrogens (tertiary/aromatic N) is 1. The summed E-state index contributed by atoms with van der Waals surface area (Å²) in [4.78, 5) is 16.4. The first-order valence-corrected chi connectivity index (χ1v) is 7.58. The van der Waals surface area contributed by atoms with Crippen LogP contribution in [0.4, 0.5) is 0 Å². The number of hydrogen-bond acceptors (Lipinski definition) is 3. The van der Waals surface area contributed by atoms with Crippen LogP contribution in [0.3, 0.4) is 0 Å². The van der Waals surface area contributed by atoms with E-state index in [0.29, 0.717) is 0 Å². The second-order valence-electron chi connectivity index (χ2n) is 6.02. The minimum Gasteiger partial charge on any atom is -0.478 e. The Labute approximate surface area is 129 Å². The zero-order chi connectivity index (χ0) is 15.6. The molecule has 0 atom stereocenters. The maximum atomic E-state index is 10.7. The van der Waals surface area contributed by atoms with Crippen LogP contribution in [-0.4, -0.2) is 16.1 Å². The summed E-state index contributed by atoms with van der Waals surface area (Å²) in [7, 11) is 0. The van der Waals surface area contributed by atoms with Crippen molar-refractivity contribution in [3.63, 3.8) is 0 Å². The maximum absolute atomic E-state index is 10.7. The molecule has 1 aromatic heterocycles. The minimum absolute atomic E-state index is 0.127. The number of thiazole rings is 1. The summed E-state index contributed by atoms with van der Waals surface area (Å²) < 4.78 is 0. The summed E-state index contributed by atoms with van der Waals surface area (Å²) in [5.74, 6) is -0.944. The van der Waals surface area contributed by atoms with Crippen molar-refractivity contribution in [3.8, 4) is 10.6 Å². The van der Waals surface area contributed by atoms with Gasteiger partial charge in [-0.05, 0) is 13.0 Å². The molecule has 3 nitrogen and oxygen atoms in total. The highest BCUT2D eigenvalue weighted by Gasteiger charge is 2.22. The quantitative estimate of drug-likeness (QED) is 0.848. The molecule has 1 aromatic carbocycles. The van der Waals surface area contributed by atoms with Crippen LogP contribution in [0.5, 0.6) is 0 Å². The molecule has 0 saturated heterocycles. The fraction of sp³-hybridized carbons (Fsp3) is 0.294. The Morgan fingerprint density at radius 3 is 2.38 bits per heavy atom. The van der Waals surface area contributed by atoms with E-state index in [2.05, 4.69) is 32.9 Å². The lowest BCUT2D eigenvalue weighted by Crippen LogP contribution is -2.13. The summed E-state index contributed by atoms with van der Waals surface area (Å²) in [5.41, 5.74) is 3.07. The molecule has 0 radical (unpaired) electrons. The Kier molecular flexibility index (Phi) is 4.28. The number of carbonyl (C=O) groups is 1. The summed E-state index contributed by atoms with van der Waals surface area (Å²) in [6, 6.07) is 8.21. The Morgan fingerprint density at radius 2 is 1.86 bits per heavy atom. The third kappa shape index (κ3) is 3.79. The monoisotopic (exact) mass is 301 g/mol. The molecular formula is C17H19NO2S. The summed E-state index contributed by atoms with van der Waals surface area (Å²) in [6.07, 6.45) is 2.81. The molecule has 1 heterocycles. The average molecular weight is 301 g/mol. The van der Waals surface area contributed by atoms with Crippen molar-refractivity contribution in [1.82, 2.24) is 4.98 Å². The average Bonchev–Trinajstić information content (AvgIpc) is 2.81. The fourth-order valence-corrected chi connectivity index (χ4v) is 3.13. The topological polar surface area (TPSA) is 50.2 Å². The van der Waals surface area contributed by atoms with E-state index in [0.717, 1.165) is 21.1 Å². The van der Waals surface area contributed by atoms with Crippen LogP contribution in [0.25, 0.3) is 16.6 Å². The SMILES string of the molecule is Cc1ccc(-c2nc(C(C)(C)C)c(/C=C/C(=O)O)s2)cc1. The molecule has 0 fully saturated rings. The molecule has 0 aliphatic rings. The van der Waals surface area contributed by atoms with E-state index in [9.17, 15) is 4.79 Å². The highest BCUT2D eigenvalue weighted by molar-refractivity contribution is 7.16. The van der Waals surface area contributed by atoms with Crippen molar-refractivity contribution >= 4 is 23.4 Å². The number of hydrogen-bond donors (Lipinski definition) is 1. The number of aryl methyl sites for hydroxylation is 1. The highest BCUT2D eigenvalue weighted by atomic mass is 32.1. The van der Waals surface area contributed by atoms with Crippen LogP contribution in [0.15, 0.2) is 30.3 Å². The minimum atomic E-state index is -0.944. The van der Waals surface area contributed by atoms with E-state index in [1.54, 1.807) is 6.08 Å². The van der Waals surface area contributed by atoms with Crippen LogP contribution in [-0.2, 0) is 10.2 Å². The van der Waals surface area contributed by atoms with E-state index >= 15 is 0 Å². The molecule has 21 heavy (non-hydrogen) atoms. The Bertz CT molecular complexity index is 676. The Morgan fingerprint density at radius 1 is 1.24 bits per heavy atom. The zero-order valence-electron chi connectivity index (χ0n) is 12.7. The molecule has 0 bridgehead atoms. The lowest BCUT2D eigenvalue weighted by Gasteiger charge is -2.16. The van der Waals surface area contributed by atoms with E-state index in [1.807, 2.05) is 19.1 Å². The van der Waals surface area contributed by atoms with Crippen LogP contribution in [0, 0.1) is 6.92 Å². The second kappa shape index (κ2) is 5.82. The molecule has 0 amide bonds. The highest BCUT2D eigenvalue weighted by Crippen LogP contribution is 2.35. The van der Waals surface area contributed by atoms with E-state index < -0.39 is 5.97 Å². The van der Waals surface area contributed by atoms with Gasteiger partial charge in [0.15, 0.2) is 0 Å². The van der Waals surface area contributed by atoms with Gasteiger partial charge < -0.3 is 5.11 Å². The molecule has 0 aliphatic heterocycles. The number of carboxylic acid groups (broad SMARTS) is 1. The van der Waals surface area contributed by atoms with Crippen LogP contribution in [0.2, 0.25) is 0 Å². The van der Waals surface area contributed by atoms with Crippen molar-refractivity contribution < 1.29 is 9.90 Å². The fourth-order valence-electron chi connectivity index (χ4n) is 1.95. The summed E-state index contributed by atoms with van der Waals surface area (Å²) >= 11 is 1.53. The van der Waals surface area contributed by atoms with Gasteiger partial charge in [0.1, 0.15) is 5.01 Å². The van der Waals surface area contributed by atoms with Gasteiger partial charge in [-0.1, -0.05) is 50.6 Å². The molecule has 0 aliphatic carbocycles. The van der Waals surface area contributed by atoms with E-state index in [4.69, 9.17) is 10.1 Å². The summed E-state index contributed by atoms with van der Waals surface area (Å²) in [5, 5.41) is 9.74. The number of benzene rings is 1. The third-order valence-corrected chi connectivity index (χ3v) is 4.11. The molecule has 0 saturated carbocycles. The van der Waals surface area contributed by atoms with Crippen LogP contribution in [0.1, 0.15) is 36.9 Å². The molecule has 2 aromatic rings. The van der Waals surface area contributed by atoms with Gasteiger partial charge in [-0.15, -0.1) is 11.3 Å². The number of aromatic nitrogens is 1. The van der Waals surface area contributed by atoms with Crippen LogP contribution >= 0.6 is 11.3 Å². The van der Waals surface area contributed by atoms with Gasteiger partial charge >= 0.3 is 5.97 Å². The van der Waals surface area contributed by atoms with Crippen molar-refractivity contribution in [1.29, 1.82) is 0 Å². The number of carboxylic acids is 1. The molecule has 0 unspecified atom stereocenters. The van der Waals surface area contributed by atoms with Gasteiger partial charge in [0, 0.05) is 17.1 Å². The first kappa shape index (κ1) is 15.4. The lowest BCUT2D eigenvalue weighted by molar-refractivity contribution is -0.131.